The number of anilines is 1. The molecule has 1 fully saturated rings. The number of fused-ring (bicyclic) bond motifs is 1. The predicted molar refractivity (Wildman–Crippen MR) is 128 cm³/mol. The van der Waals surface area contributed by atoms with Crippen molar-refractivity contribution < 1.29 is 19.4 Å². The van der Waals surface area contributed by atoms with Crippen LogP contribution in [0.1, 0.15) is 17.2 Å². The fraction of sp³-hybridized carbons (Fsp3) is 0.0714. The number of aliphatic hydroxyl groups excluding tert-OH is 1. The van der Waals surface area contributed by atoms with E-state index in [9.17, 15) is 14.7 Å². The summed E-state index contributed by atoms with van der Waals surface area (Å²) < 4.78 is 5.23. The number of rotatable bonds is 4. The second-order valence-corrected chi connectivity index (χ2v) is 7.80. The predicted octanol–water partition coefficient (Wildman–Crippen LogP) is 5.47. The highest BCUT2D eigenvalue weighted by Gasteiger charge is 2.47. The van der Waals surface area contributed by atoms with Crippen LogP contribution in [0.4, 0.5) is 5.69 Å². The SMILES string of the molecule is COc1ccc(N2C(=O)C(=O)/C(=C(\O)c3cccc4ccccc34)C2c2ccccc2)cc1. The van der Waals surface area contributed by atoms with E-state index in [1.165, 1.54) is 4.90 Å². The molecule has 0 radical (unpaired) electrons. The lowest BCUT2D eigenvalue weighted by Crippen LogP contribution is -2.29. The average molecular weight is 435 g/mol. The van der Waals surface area contributed by atoms with Gasteiger partial charge in [-0.25, -0.2) is 0 Å². The summed E-state index contributed by atoms with van der Waals surface area (Å²) in [6.07, 6.45) is 0. The minimum absolute atomic E-state index is 0.0679. The molecule has 5 nitrogen and oxygen atoms in total. The molecule has 0 spiro atoms. The fourth-order valence-electron chi connectivity index (χ4n) is 4.37. The van der Waals surface area contributed by atoms with Gasteiger partial charge in [0, 0.05) is 11.3 Å². The van der Waals surface area contributed by atoms with Gasteiger partial charge in [-0.05, 0) is 40.6 Å². The van der Waals surface area contributed by atoms with Gasteiger partial charge in [-0.1, -0.05) is 72.8 Å². The molecule has 1 N–H and O–H groups in total. The molecule has 0 aromatic heterocycles. The first-order valence-electron chi connectivity index (χ1n) is 10.6. The van der Waals surface area contributed by atoms with Crippen molar-refractivity contribution in [2.45, 2.75) is 6.04 Å². The van der Waals surface area contributed by atoms with Gasteiger partial charge in [-0.15, -0.1) is 0 Å². The highest BCUT2D eigenvalue weighted by atomic mass is 16.5. The van der Waals surface area contributed by atoms with Crippen LogP contribution < -0.4 is 9.64 Å². The Morgan fingerprint density at radius 3 is 2.21 bits per heavy atom. The Morgan fingerprint density at radius 2 is 1.48 bits per heavy atom. The Hall–Kier alpha value is -4.38. The molecule has 1 aliphatic rings. The quantitative estimate of drug-likeness (QED) is 0.262. The van der Waals surface area contributed by atoms with Crippen molar-refractivity contribution in [1.29, 1.82) is 0 Å². The Morgan fingerprint density at radius 1 is 0.818 bits per heavy atom. The van der Waals surface area contributed by atoms with Crippen LogP contribution >= 0.6 is 0 Å². The standard InChI is InChI=1S/C28H21NO4/c1-33-21-16-14-20(15-17-21)29-25(19-9-3-2-4-10-19)24(27(31)28(29)32)26(30)23-13-7-11-18-8-5-6-12-22(18)23/h2-17,25,30H,1H3/b26-24-. The first-order valence-corrected chi connectivity index (χ1v) is 10.6. The van der Waals surface area contributed by atoms with Crippen LogP contribution in [0.3, 0.4) is 0 Å². The molecule has 162 valence electrons. The minimum atomic E-state index is -0.765. The van der Waals surface area contributed by atoms with Gasteiger partial charge in [0.1, 0.15) is 11.5 Å². The first kappa shape index (κ1) is 20.5. The zero-order valence-electron chi connectivity index (χ0n) is 17.9. The smallest absolute Gasteiger partial charge is 0.300 e. The number of Topliss-reactive ketones (excluding diaryl/α,β-unsaturated/α-hetero) is 1. The highest BCUT2D eigenvalue weighted by Crippen LogP contribution is 2.43. The summed E-state index contributed by atoms with van der Waals surface area (Å²) in [7, 11) is 1.56. The van der Waals surface area contributed by atoms with E-state index in [1.807, 2.05) is 66.7 Å². The van der Waals surface area contributed by atoms with Gasteiger partial charge >= 0.3 is 0 Å². The van der Waals surface area contributed by atoms with Crippen LogP contribution in [0.25, 0.3) is 16.5 Å². The average Bonchev–Trinajstić information content (AvgIpc) is 3.14. The van der Waals surface area contributed by atoms with Crippen molar-refractivity contribution in [3.63, 3.8) is 0 Å². The number of ketones is 1. The summed E-state index contributed by atoms with van der Waals surface area (Å²) in [5.41, 5.74) is 1.86. The normalized spacial score (nSPS) is 17.5. The zero-order valence-corrected chi connectivity index (χ0v) is 17.9. The third kappa shape index (κ3) is 3.44. The van der Waals surface area contributed by atoms with E-state index in [1.54, 1.807) is 37.4 Å². The third-order valence-corrected chi connectivity index (χ3v) is 5.96. The Labute approximate surface area is 191 Å². The number of carbonyl (C=O) groups is 2. The van der Waals surface area contributed by atoms with Crippen LogP contribution in [-0.4, -0.2) is 23.9 Å². The van der Waals surface area contributed by atoms with Gasteiger partial charge in [0.15, 0.2) is 0 Å². The lowest BCUT2D eigenvalue weighted by molar-refractivity contribution is -0.132. The van der Waals surface area contributed by atoms with E-state index in [-0.39, 0.29) is 11.3 Å². The number of hydrogen-bond donors (Lipinski definition) is 1. The van der Waals surface area contributed by atoms with E-state index in [0.717, 1.165) is 16.3 Å². The van der Waals surface area contributed by atoms with Gasteiger partial charge in [-0.2, -0.15) is 0 Å². The van der Waals surface area contributed by atoms with Crippen LogP contribution in [0, 0.1) is 0 Å². The highest BCUT2D eigenvalue weighted by molar-refractivity contribution is 6.51. The van der Waals surface area contributed by atoms with Gasteiger partial charge in [0.2, 0.25) is 0 Å². The van der Waals surface area contributed by atoms with E-state index in [2.05, 4.69) is 0 Å². The summed E-state index contributed by atoms with van der Waals surface area (Å²) in [4.78, 5) is 28.0. The number of amides is 1. The molecule has 0 aliphatic carbocycles. The molecule has 5 rings (SSSR count). The van der Waals surface area contributed by atoms with Crippen molar-refractivity contribution in [3.05, 3.63) is 114 Å². The number of nitrogens with zero attached hydrogens (tertiary/aromatic N) is 1. The van der Waals surface area contributed by atoms with E-state index < -0.39 is 17.7 Å². The minimum Gasteiger partial charge on any atom is -0.507 e. The third-order valence-electron chi connectivity index (χ3n) is 5.96. The van der Waals surface area contributed by atoms with Crippen LogP contribution in [0.5, 0.6) is 5.75 Å². The lowest BCUT2D eigenvalue weighted by Gasteiger charge is -2.25. The molecule has 5 heteroatoms. The number of methoxy groups -OCH3 is 1. The summed E-state index contributed by atoms with van der Waals surface area (Å²) in [5.74, 6) is -0.946. The number of hydrogen-bond acceptors (Lipinski definition) is 4. The summed E-state index contributed by atoms with van der Waals surface area (Å²) >= 11 is 0. The molecule has 4 aromatic rings. The van der Waals surface area contributed by atoms with Gasteiger partial charge < -0.3 is 9.84 Å². The molecular weight excluding hydrogens is 414 g/mol. The molecule has 1 amide bonds. The molecule has 1 aliphatic heterocycles. The molecule has 1 atom stereocenters. The maximum atomic E-state index is 13.3. The molecule has 0 saturated carbocycles. The lowest BCUT2D eigenvalue weighted by atomic mass is 9.93. The van der Waals surface area contributed by atoms with Crippen molar-refractivity contribution in [2.24, 2.45) is 0 Å². The van der Waals surface area contributed by atoms with Crippen molar-refractivity contribution >= 4 is 33.9 Å². The molecule has 33 heavy (non-hydrogen) atoms. The molecule has 1 saturated heterocycles. The van der Waals surface area contributed by atoms with Crippen molar-refractivity contribution in [1.82, 2.24) is 0 Å². The molecule has 1 heterocycles. The second kappa shape index (κ2) is 8.28. The summed E-state index contributed by atoms with van der Waals surface area (Å²) in [6, 6.07) is 28.6. The van der Waals surface area contributed by atoms with Gasteiger partial charge in [-0.3, -0.25) is 14.5 Å². The van der Waals surface area contributed by atoms with Gasteiger partial charge in [0.05, 0.1) is 18.7 Å². The maximum absolute atomic E-state index is 13.3. The van der Waals surface area contributed by atoms with Crippen LogP contribution in [0.15, 0.2) is 103 Å². The largest absolute Gasteiger partial charge is 0.507 e. The Balaban J connectivity index is 1.74. The van der Waals surface area contributed by atoms with E-state index in [0.29, 0.717) is 17.0 Å². The molecule has 0 bridgehead atoms. The molecular formula is C28H21NO4. The topological polar surface area (TPSA) is 66.8 Å². The van der Waals surface area contributed by atoms with Crippen LogP contribution in [0.2, 0.25) is 0 Å². The monoisotopic (exact) mass is 435 g/mol. The van der Waals surface area contributed by atoms with E-state index >= 15 is 0 Å². The maximum Gasteiger partial charge on any atom is 0.300 e. The fourth-order valence-corrected chi connectivity index (χ4v) is 4.37. The van der Waals surface area contributed by atoms with Crippen molar-refractivity contribution in [2.75, 3.05) is 12.0 Å². The number of benzene rings is 4. The first-order chi connectivity index (χ1) is 16.1. The molecule has 4 aromatic carbocycles. The zero-order chi connectivity index (χ0) is 22.9. The number of carbonyl (C=O) groups excluding carboxylic acids is 2. The number of aliphatic hydroxyl groups is 1. The molecule has 1 unspecified atom stereocenters. The Bertz CT molecular complexity index is 1390. The summed E-state index contributed by atoms with van der Waals surface area (Å²) in [5, 5.41) is 13.2. The van der Waals surface area contributed by atoms with Crippen LogP contribution in [-0.2, 0) is 9.59 Å². The second-order valence-electron chi connectivity index (χ2n) is 7.80. The number of ether oxygens (including phenoxy) is 1. The Kier molecular flexibility index (Phi) is 5.15. The van der Waals surface area contributed by atoms with E-state index in [4.69, 9.17) is 4.74 Å². The van der Waals surface area contributed by atoms with Gasteiger partial charge in [0.25, 0.3) is 11.7 Å². The van der Waals surface area contributed by atoms with Crippen molar-refractivity contribution in [3.8, 4) is 5.75 Å². The summed E-state index contributed by atoms with van der Waals surface area (Å²) in [6.45, 7) is 0.